The number of nitrogens with zero attached hydrogens (tertiary/aromatic N) is 1. The van der Waals surface area contributed by atoms with E-state index in [4.69, 9.17) is 0 Å². The first-order valence-corrected chi connectivity index (χ1v) is 10.2. The number of rotatable bonds is 6. The summed E-state index contributed by atoms with van der Waals surface area (Å²) in [7, 11) is 0. The summed E-state index contributed by atoms with van der Waals surface area (Å²) in [6, 6.07) is 4.66. The van der Waals surface area contributed by atoms with Gasteiger partial charge in [0.1, 0.15) is 0 Å². The molecule has 0 unspecified atom stereocenters. The molecule has 0 N–H and O–H groups in total. The Morgan fingerprint density at radius 3 is 1.27 bits per heavy atom. The van der Waals surface area contributed by atoms with Crippen LogP contribution in [0.25, 0.3) is 0 Å². The maximum atomic E-state index is 13.6. The van der Waals surface area contributed by atoms with E-state index in [0.29, 0.717) is 16.8 Å². The fourth-order valence-corrected chi connectivity index (χ4v) is 3.76. The second-order valence-corrected chi connectivity index (χ2v) is 10.7. The van der Waals surface area contributed by atoms with E-state index in [-0.39, 0.29) is 18.9 Å². The third-order valence-corrected chi connectivity index (χ3v) is 5.48. The lowest BCUT2D eigenvalue weighted by atomic mass is 9.80. The molecule has 0 radical (unpaired) electrons. The van der Waals surface area contributed by atoms with E-state index in [1.54, 1.807) is 18.2 Å². The van der Waals surface area contributed by atoms with Crippen molar-refractivity contribution in [1.29, 1.82) is 0 Å². The molecule has 0 fully saturated rings. The first-order valence-electron chi connectivity index (χ1n) is 10.2. The van der Waals surface area contributed by atoms with Gasteiger partial charge in [0.25, 0.3) is 0 Å². The van der Waals surface area contributed by atoms with E-state index in [1.165, 1.54) is 0 Å². The monoisotopic (exact) mass is 439 g/mol. The fourth-order valence-electron chi connectivity index (χ4n) is 3.76. The van der Waals surface area contributed by atoms with Crippen LogP contribution in [0.4, 0.5) is 32.0 Å². The summed E-state index contributed by atoms with van der Waals surface area (Å²) in [6.07, 6.45) is -9.50. The second-order valence-electron chi connectivity index (χ2n) is 10.7. The minimum atomic E-state index is -4.43. The first-order chi connectivity index (χ1) is 13.1. The molecule has 1 rings (SSSR count). The molecule has 0 heterocycles. The standard InChI is InChI=1S/C23H35F6N/c1-15(2)30(19(3,4)5)18-16(13-20(6,7)22(24,25)26)11-10-12-17(18)14-21(8,9)23(27,28)29/h10-12,15H,13-14H2,1-9H3. The van der Waals surface area contributed by atoms with Crippen LogP contribution in [-0.2, 0) is 12.8 Å². The molecular weight excluding hydrogens is 404 g/mol. The van der Waals surface area contributed by atoms with Gasteiger partial charge < -0.3 is 4.90 Å². The highest BCUT2D eigenvalue weighted by molar-refractivity contribution is 5.62. The van der Waals surface area contributed by atoms with Gasteiger partial charge in [0.05, 0.1) is 10.8 Å². The van der Waals surface area contributed by atoms with Crippen molar-refractivity contribution in [3.8, 4) is 0 Å². The van der Waals surface area contributed by atoms with Gasteiger partial charge in [-0.25, -0.2) is 0 Å². The van der Waals surface area contributed by atoms with Crippen LogP contribution in [0.15, 0.2) is 18.2 Å². The second kappa shape index (κ2) is 8.27. The summed E-state index contributed by atoms with van der Waals surface area (Å²) < 4.78 is 81.7. The number of alkyl halides is 6. The van der Waals surface area contributed by atoms with E-state index in [2.05, 4.69) is 0 Å². The molecule has 0 aliphatic rings. The molecule has 0 saturated carbocycles. The van der Waals surface area contributed by atoms with Crippen molar-refractivity contribution < 1.29 is 26.3 Å². The smallest absolute Gasteiger partial charge is 0.364 e. The molecule has 0 spiro atoms. The molecule has 7 heteroatoms. The van der Waals surface area contributed by atoms with E-state index >= 15 is 0 Å². The van der Waals surface area contributed by atoms with Crippen LogP contribution in [0.5, 0.6) is 0 Å². The number of para-hydroxylation sites is 1. The summed E-state index contributed by atoms with van der Waals surface area (Å²) in [5, 5.41) is 0. The first kappa shape index (κ1) is 26.6. The van der Waals surface area contributed by atoms with Crippen molar-refractivity contribution >= 4 is 5.69 Å². The van der Waals surface area contributed by atoms with E-state index in [0.717, 1.165) is 27.7 Å². The lowest BCUT2D eigenvalue weighted by molar-refractivity contribution is -0.211. The molecule has 0 aliphatic carbocycles. The molecule has 0 saturated heterocycles. The number of benzene rings is 1. The van der Waals surface area contributed by atoms with Crippen LogP contribution in [0.3, 0.4) is 0 Å². The molecule has 1 aromatic carbocycles. The Kier molecular flexibility index (Phi) is 7.34. The van der Waals surface area contributed by atoms with Gasteiger partial charge in [-0.15, -0.1) is 0 Å². The number of hydrogen-bond donors (Lipinski definition) is 0. The van der Waals surface area contributed by atoms with Crippen molar-refractivity contribution in [2.45, 2.75) is 99.1 Å². The molecule has 0 atom stereocenters. The normalized spacial score (nSPS) is 14.4. The maximum absolute atomic E-state index is 13.6. The van der Waals surface area contributed by atoms with Crippen molar-refractivity contribution in [1.82, 2.24) is 0 Å². The molecular formula is C23H35F6N. The Hall–Kier alpha value is -1.40. The topological polar surface area (TPSA) is 3.24 Å². The highest BCUT2D eigenvalue weighted by atomic mass is 19.4. The van der Waals surface area contributed by atoms with Gasteiger partial charge in [0, 0.05) is 17.3 Å². The number of hydrogen-bond acceptors (Lipinski definition) is 1. The third-order valence-electron chi connectivity index (χ3n) is 5.48. The average Bonchev–Trinajstić information content (AvgIpc) is 2.45. The average molecular weight is 440 g/mol. The molecule has 0 aliphatic heterocycles. The van der Waals surface area contributed by atoms with Gasteiger partial charge in [0.2, 0.25) is 0 Å². The van der Waals surface area contributed by atoms with E-state index in [1.807, 2.05) is 39.5 Å². The lowest BCUT2D eigenvalue weighted by Gasteiger charge is -2.44. The number of halogens is 6. The predicted octanol–water partition coefficient (Wildman–Crippen LogP) is 7.96. The summed E-state index contributed by atoms with van der Waals surface area (Å²) in [6.45, 7) is 14.0. The summed E-state index contributed by atoms with van der Waals surface area (Å²) >= 11 is 0. The van der Waals surface area contributed by atoms with Crippen LogP contribution >= 0.6 is 0 Å². The predicted molar refractivity (Wildman–Crippen MR) is 111 cm³/mol. The third kappa shape index (κ3) is 5.85. The Bertz CT molecular complexity index is 674. The summed E-state index contributed by atoms with van der Waals surface area (Å²) in [4.78, 5) is 1.94. The van der Waals surface area contributed by atoms with Crippen molar-refractivity contribution in [3.63, 3.8) is 0 Å². The largest absolute Gasteiger partial charge is 0.394 e. The van der Waals surface area contributed by atoms with Gasteiger partial charge in [-0.1, -0.05) is 45.9 Å². The minimum Gasteiger partial charge on any atom is -0.364 e. The van der Waals surface area contributed by atoms with Gasteiger partial charge in [-0.05, 0) is 58.6 Å². The van der Waals surface area contributed by atoms with E-state index in [9.17, 15) is 26.3 Å². The molecule has 1 nitrogen and oxygen atoms in total. The lowest BCUT2D eigenvalue weighted by Crippen LogP contribution is -2.48. The van der Waals surface area contributed by atoms with Crippen LogP contribution in [0.2, 0.25) is 0 Å². The quantitative estimate of drug-likeness (QED) is 0.406. The zero-order chi connectivity index (χ0) is 23.9. The molecule has 0 amide bonds. The van der Waals surface area contributed by atoms with Crippen LogP contribution in [0, 0.1) is 10.8 Å². The highest BCUT2D eigenvalue weighted by Gasteiger charge is 2.49. The Morgan fingerprint density at radius 2 is 1.03 bits per heavy atom. The zero-order valence-corrected chi connectivity index (χ0v) is 19.4. The summed E-state index contributed by atoms with van der Waals surface area (Å²) in [5.41, 5.74) is -3.22. The molecule has 174 valence electrons. The molecule has 0 aromatic heterocycles. The summed E-state index contributed by atoms with van der Waals surface area (Å²) in [5.74, 6) is 0. The van der Waals surface area contributed by atoms with Gasteiger partial charge >= 0.3 is 12.4 Å². The van der Waals surface area contributed by atoms with E-state index < -0.39 is 28.7 Å². The molecule has 1 aromatic rings. The minimum absolute atomic E-state index is 0.118. The number of anilines is 1. The zero-order valence-electron chi connectivity index (χ0n) is 19.4. The van der Waals surface area contributed by atoms with Crippen molar-refractivity contribution in [3.05, 3.63) is 29.3 Å². The highest BCUT2D eigenvalue weighted by Crippen LogP contribution is 2.46. The Morgan fingerprint density at radius 1 is 0.700 bits per heavy atom. The van der Waals surface area contributed by atoms with Crippen LogP contribution in [-0.4, -0.2) is 23.9 Å². The fraction of sp³-hybridized carbons (Fsp3) is 0.739. The van der Waals surface area contributed by atoms with Gasteiger partial charge in [-0.3, -0.25) is 0 Å². The van der Waals surface area contributed by atoms with Crippen LogP contribution in [0.1, 0.15) is 73.4 Å². The van der Waals surface area contributed by atoms with Gasteiger partial charge in [0.15, 0.2) is 0 Å². The maximum Gasteiger partial charge on any atom is 0.394 e. The van der Waals surface area contributed by atoms with Crippen molar-refractivity contribution in [2.24, 2.45) is 10.8 Å². The molecule has 30 heavy (non-hydrogen) atoms. The Labute approximate surface area is 176 Å². The van der Waals surface area contributed by atoms with Crippen LogP contribution < -0.4 is 4.90 Å². The van der Waals surface area contributed by atoms with Crippen molar-refractivity contribution in [2.75, 3.05) is 4.90 Å². The SMILES string of the molecule is CC(C)N(c1c(CC(C)(C)C(F)(F)F)cccc1CC(C)(C)C(F)(F)F)C(C)(C)C. The molecule has 0 bridgehead atoms. The Balaban J connectivity index is 3.76. The van der Waals surface area contributed by atoms with Gasteiger partial charge in [-0.2, -0.15) is 26.3 Å².